The summed E-state index contributed by atoms with van der Waals surface area (Å²) < 4.78 is 0. The fourth-order valence-corrected chi connectivity index (χ4v) is 3.52. The van der Waals surface area contributed by atoms with Gasteiger partial charge in [0.1, 0.15) is 0 Å². The van der Waals surface area contributed by atoms with Crippen LogP contribution in [0.2, 0.25) is 5.02 Å². The normalized spacial score (nSPS) is 18.6. The maximum absolute atomic E-state index is 12.8. The summed E-state index contributed by atoms with van der Waals surface area (Å²) in [4.78, 5) is 38.6. The van der Waals surface area contributed by atoms with Gasteiger partial charge in [0.2, 0.25) is 0 Å². The van der Waals surface area contributed by atoms with Crippen LogP contribution in [0.15, 0.2) is 24.3 Å². The van der Waals surface area contributed by atoms with Crippen LogP contribution in [0.5, 0.6) is 0 Å². The number of Topliss-reactive ketones (excluding diaryl/α,β-unsaturated/α-hetero) is 1. The zero-order valence-corrected chi connectivity index (χ0v) is 17.5. The fraction of sp³-hybridized carbons (Fsp3) is 0.571. The number of rotatable bonds is 8. The van der Waals surface area contributed by atoms with Gasteiger partial charge < -0.3 is 15.3 Å². The molecule has 2 rings (SSSR count). The van der Waals surface area contributed by atoms with E-state index in [9.17, 15) is 14.4 Å². The minimum atomic E-state index is -0.751. The van der Waals surface area contributed by atoms with Gasteiger partial charge in [-0.3, -0.25) is 14.4 Å². The van der Waals surface area contributed by atoms with Crippen molar-refractivity contribution in [1.29, 1.82) is 0 Å². The van der Waals surface area contributed by atoms with Gasteiger partial charge in [-0.05, 0) is 56.6 Å². The number of hydrogen-bond acceptors (Lipinski definition) is 4. The number of likely N-dealkylation sites (tertiary alicyclic amines) is 1. The Morgan fingerprint density at radius 3 is 2.43 bits per heavy atom. The van der Waals surface area contributed by atoms with E-state index in [4.69, 9.17) is 16.7 Å². The molecule has 1 amide bonds. The second kappa shape index (κ2) is 9.52. The number of nitrogens with one attached hydrogen (secondary N) is 1. The average molecular weight is 409 g/mol. The summed E-state index contributed by atoms with van der Waals surface area (Å²) in [5, 5.41) is 12.5. The van der Waals surface area contributed by atoms with E-state index in [1.807, 2.05) is 20.8 Å². The maximum atomic E-state index is 12.8. The molecule has 0 bridgehead atoms. The van der Waals surface area contributed by atoms with Crippen molar-refractivity contribution < 1.29 is 19.5 Å². The fourth-order valence-electron chi connectivity index (χ4n) is 3.39. The maximum Gasteiger partial charge on any atom is 0.307 e. The highest BCUT2D eigenvalue weighted by molar-refractivity contribution is 6.30. The Kier molecular flexibility index (Phi) is 7.61. The van der Waals surface area contributed by atoms with Gasteiger partial charge in [-0.2, -0.15) is 0 Å². The Balaban J connectivity index is 1.96. The molecule has 154 valence electrons. The number of amides is 1. The lowest BCUT2D eigenvalue weighted by molar-refractivity contribution is -0.141. The van der Waals surface area contributed by atoms with E-state index >= 15 is 0 Å². The highest BCUT2D eigenvalue weighted by atomic mass is 35.5. The molecule has 1 aromatic carbocycles. The Morgan fingerprint density at radius 2 is 1.89 bits per heavy atom. The lowest BCUT2D eigenvalue weighted by Gasteiger charge is -2.26. The molecule has 2 atom stereocenters. The molecule has 1 fully saturated rings. The van der Waals surface area contributed by atoms with Crippen LogP contribution in [0.1, 0.15) is 50.4 Å². The number of carbonyl (C=O) groups excluding carboxylic acids is 2. The third-order valence-electron chi connectivity index (χ3n) is 5.06. The van der Waals surface area contributed by atoms with Gasteiger partial charge in [0.15, 0.2) is 5.78 Å². The van der Waals surface area contributed by atoms with Gasteiger partial charge in [0.25, 0.3) is 5.91 Å². The van der Waals surface area contributed by atoms with E-state index in [0.717, 1.165) is 6.54 Å². The van der Waals surface area contributed by atoms with E-state index in [0.29, 0.717) is 42.9 Å². The predicted octanol–water partition coefficient (Wildman–Crippen LogP) is 3.24. The monoisotopic (exact) mass is 408 g/mol. The SMILES string of the molecule is CC(C)(C)C(=O)C(CCCN1CCC(C(=O)O)C1)NC(=O)c1ccc(Cl)cc1. The number of halogens is 1. The molecule has 28 heavy (non-hydrogen) atoms. The second-order valence-corrected chi connectivity index (χ2v) is 8.85. The van der Waals surface area contributed by atoms with Crippen LogP contribution in [0.4, 0.5) is 0 Å². The summed E-state index contributed by atoms with van der Waals surface area (Å²) >= 11 is 5.87. The highest BCUT2D eigenvalue weighted by Gasteiger charge is 2.32. The summed E-state index contributed by atoms with van der Waals surface area (Å²) in [6.45, 7) is 7.54. The molecule has 0 spiro atoms. The molecular weight excluding hydrogens is 380 g/mol. The van der Waals surface area contributed by atoms with Crippen LogP contribution in [-0.4, -0.2) is 53.3 Å². The minimum Gasteiger partial charge on any atom is -0.481 e. The van der Waals surface area contributed by atoms with E-state index < -0.39 is 17.4 Å². The van der Waals surface area contributed by atoms with Crippen LogP contribution >= 0.6 is 11.6 Å². The number of carboxylic acid groups (broad SMARTS) is 1. The Morgan fingerprint density at radius 1 is 1.25 bits per heavy atom. The molecule has 0 aliphatic carbocycles. The second-order valence-electron chi connectivity index (χ2n) is 8.41. The molecule has 0 aromatic heterocycles. The van der Waals surface area contributed by atoms with E-state index in [1.54, 1.807) is 24.3 Å². The summed E-state index contributed by atoms with van der Waals surface area (Å²) in [7, 11) is 0. The largest absolute Gasteiger partial charge is 0.481 e. The summed E-state index contributed by atoms with van der Waals surface area (Å²) in [6, 6.07) is 5.96. The minimum absolute atomic E-state index is 0.0142. The van der Waals surface area contributed by atoms with Gasteiger partial charge in [-0.15, -0.1) is 0 Å². The van der Waals surface area contributed by atoms with Crippen molar-refractivity contribution in [2.75, 3.05) is 19.6 Å². The number of carboxylic acids is 1. The molecule has 1 aliphatic heterocycles. The molecule has 1 aliphatic rings. The Labute approximate surface area is 171 Å². The van der Waals surface area contributed by atoms with Gasteiger partial charge in [-0.1, -0.05) is 32.4 Å². The van der Waals surface area contributed by atoms with Crippen molar-refractivity contribution in [2.24, 2.45) is 11.3 Å². The molecular formula is C21H29ClN2O4. The van der Waals surface area contributed by atoms with E-state index in [2.05, 4.69) is 10.2 Å². The molecule has 0 radical (unpaired) electrons. The molecule has 1 saturated heterocycles. The lowest BCUT2D eigenvalue weighted by Crippen LogP contribution is -2.46. The van der Waals surface area contributed by atoms with Crippen LogP contribution in [0.25, 0.3) is 0 Å². The highest BCUT2D eigenvalue weighted by Crippen LogP contribution is 2.21. The summed E-state index contributed by atoms with van der Waals surface area (Å²) in [5.74, 6) is -1.37. The van der Waals surface area contributed by atoms with Crippen molar-refractivity contribution in [3.63, 3.8) is 0 Å². The van der Waals surface area contributed by atoms with E-state index in [1.165, 1.54) is 0 Å². The zero-order chi connectivity index (χ0) is 20.9. The van der Waals surface area contributed by atoms with Crippen molar-refractivity contribution >= 4 is 29.3 Å². The van der Waals surface area contributed by atoms with Gasteiger partial charge in [-0.25, -0.2) is 0 Å². The third kappa shape index (κ3) is 6.31. The first-order valence-corrected chi connectivity index (χ1v) is 10.0. The number of nitrogens with zero attached hydrogens (tertiary/aromatic N) is 1. The number of carbonyl (C=O) groups is 3. The first-order chi connectivity index (χ1) is 13.1. The topological polar surface area (TPSA) is 86.7 Å². The standard InChI is InChI=1S/C21H29ClN2O4/c1-21(2,3)18(25)17(23-19(26)14-6-8-16(22)9-7-14)5-4-11-24-12-10-15(13-24)20(27)28/h6-9,15,17H,4-5,10-13H2,1-3H3,(H,23,26)(H,27,28). The zero-order valence-electron chi connectivity index (χ0n) is 16.7. The molecule has 1 aromatic rings. The first kappa shape index (κ1) is 22.4. The van der Waals surface area contributed by atoms with Crippen LogP contribution in [0, 0.1) is 11.3 Å². The van der Waals surface area contributed by atoms with Crippen molar-refractivity contribution in [3.05, 3.63) is 34.9 Å². The van der Waals surface area contributed by atoms with Crippen LogP contribution in [-0.2, 0) is 9.59 Å². The Bertz CT molecular complexity index is 712. The average Bonchev–Trinajstić information content (AvgIpc) is 3.09. The first-order valence-electron chi connectivity index (χ1n) is 9.64. The van der Waals surface area contributed by atoms with Crippen LogP contribution < -0.4 is 5.32 Å². The van der Waals surface area contributed by atoms with Gasteiger partial charge >= 0.3 is 5.97 Å². The number of aliphatic carboxylic acids is 1. The van der Waals surface area contributed by atoms with E-state index in [-0.39, 0.29) is 17.6 Å². The van der Waals surface area contributed by atoms with Crippen molar-refractivity contribution in [1.82, 2.24) is 10.2 Å². The molecule has 2 unspecified atom stereocenters. The lowest BCUT2D eigenvalue weighted by atomic mass is 9.84. The Hall–Kier alpha value is -1.92. The quantitative estimate of drug-likeness (QED) is 0.689. The molecule has 6 nitrogen and oxygen atoms in total. The predicted molar refractivity (Wildman–Crippen MR) is 109 cm³/mol. The smallest absolute Gasteiger partial charge is 0.307 e. The van der Waals surface area contributed by atoms with Gasteiger partial charge in [0.05, 0.1) is 12.0 Å². The molecule has 2 N–H and O–H groups in total. The molecule has 0 saturated carbocycles. The summed E-state index contributed by atoms with van der Waals surface area (Å²) in [5.41, 5.74) is -0.111. The number of hydrogen-bond donors (Lipinski definition) is 2. The number of benzene rings is 1. The number of ketones is 1. The van der Waals surface area contributed by atoms with Crippen molar-refractivity contribution in [2.45, 2.75) is 46.1 Å². The van der Waals surface area contributed by atoms with Crippen LogP contribution in [0.3, 0.4) is 0 Å². The summed E-state index contributed by atoms with van der Waals surface area (Å²) in [6.07, 6.45) is 1.89. The van der Waals surface area contributed by atoms with Gasteiger partial charge in [0, 0.05) is 22.5 Å². The molecule has 1 heterocycles. The van der Waals surface area contributed by atoms with Crippen molar-refractivity contribution in [3.8, 4) is 0 Å². The third-order valence-corrected chi connectivity index (χ3v) is 5.31. The molecule has 7 heteroatoms.